The van der Waals surface area contributed by atoms with Gasteiger partial charge in [0.25, 0.3) is 0 Å². The molecule has 1 saturated carbocycles. The van der Waals surface area contributed by atoms with E-state index in [-0.39, 0.29) is 5.78 Å². The normalized spacial score (nSPS) is 12.8. The second kappa shape index (κ2) is 15.3. The van der Waals surface area contributed by atoms with Crippen molar-refractivity contribution >= 4 is 5.78 Å². The third kappa shape index (κ3) is 16.6. The van der Waals surface area contributed by atoms with Crippen LogP contribution in [0.3, 0.4) is 0 Å². The Labute approximate surface area is 143 Å². The highest BCUT2D eigenvalue weighted by Gasteiger charge is 1.95. The third-order valence-electron chi connectivity index (χ3n) is 3.80. The zero-order valence-electron chi connectivity index (χ0n) is 15.4. The van der Waals surface area contributed by atoms with Crippen molar-refractivity contribution in [1.29, 1.82) is 0 Å². The highest BCUT2D eigenvalue weighted by molar-refractivity contribution is 5.75. The third-order valence-corrected chi connectivity index (χ3v) is 3.80. The van der Waals surface area contributed by atoms with Gasteiger partial charge in [-0.3, -0.25) is 0 Å². The maximum Gasteiger partial charge on any atom is 0.129 e. The molecule has 1 aliphatic carbocycles. The summed E-state index contributed by atoms with van der Waals surface area (Å²) in [6, 6.07) is 10.3. The molecule has 2 nitrogen and oxygen atoms in total. The minimum atomic E-state index is 0.254. The quantitative estimate of drug-likeness (QED) is 0.742. The minimum Gasteiger partial charge on any atom is -0.392 e. The van der Waals surface area contributed by atoms with Crippen LogP contribution in [0.25, 0.3) is 0 Å². The number of benzene rings is 1. The molecule has 0 unspecified atom stereocenters. The molecule has 1 N–H and O–H groups in total. The molecule has 0 heterocycles. The number of nitrogens with one attached hydrogen (secondary N) is 1. The van der Waals surface area contributed by atoms with Crippen LogP contribution in [0, 0.1) is 6.92 Å². The number of allylic oxidation sites excluding steroid dienone is 1. The Morgan fingerprint density at radius 1 is 1.00 bits per heavy atom. The Morgan fingerprint density at radius 2 is 1.48 bits per heavy atom. The Morgan fingerprint density at radius 3 is 1.78 bits per heavy atom. The SMILES string of the molecule is C1CCCCC1.C=C(CCCC(C)=O)NC.Cc1ccccc1. The van der Waals surface area contributed by atoms with Gasteiger partial charge >= 0.3 is 0 Å². The van der Waals surface area contributed by atoms with Gasteiger partial charge in [0, 0.05) is 19.2 Å². The number of Topliss-reactive ketones (excluding diaryl/α,β-unsaturated/α-hetero) is 1. The van der Waals surface area contributed by atoms with Crippen molar-refractivity contribution in [2.24, 2.45) is 0 Å². The molecule has 2 rings (SSSR count). The van der Waals surface area contributed by atoms with Crippen molar-refractivity contribution in [3.63, 3.8) is 0 Å². The van der Waals surface area contributed by atoms with Gasteiger partial charge in [-0.15, -0.1) is 0 Å². The number of aryl methyl sites for hydroxylation is 1. The Bertz CT molecular complexity index is 396. The molecule has 0 atom stereocenters. The standard InChI is InChI=1S/C8H15NO.C7H8.C6H12/c1-7(9-3)5-4-6-8(2)10;1-7-5-3-2-4-6-7;1-2-4-6-5-3-1/h9H,1,4-6H2,2-3H3;2-6H,1H3;1-6H2. The van der Waals surface area contributed by atoms with Gasteiger partial charge in [0.1, 0.15) is 5.78 Å². The first-order chi connectivity index (χ1) is 11.1. The van der Waals surface area contributed by atoms with Gasteiger partial charge in [-0.2, -0.15) is 0 Å². The molecule has 1 aromatic rings. The van der Waals surface area contributed by atoms with Gasteiger partial charge in [-0.1, -0.05) is 81.0 Å². The Hall–Kier alpha value is -1.57. The van der Waals surface area contributed by atoms with Gasteiger partial charge in [-0.05, 0) is 26.7 Å². The summed E-state index contributed by atoms with van der Waals surface area (Å²) >= 11 is 0. The van der Waals surface area contributed by atoms with Gasteiger partial charge < -0.3 is 10.1 Å². The number of carbonyl (C=O) groups is 1. The maximum absolute atomic E-state index is 10.5. The average molecular weight is 318 g/mol. The summed E-state index contributed by atoms with van der Waals surface area (Å²) in [5.41, 5.74) is 2.32. The molecule has 1 fully saturated rings. The number of carbonyl (C=O) groups excluding carboxylic acids is 1. The molecule has 130 valence electrons. The molecule has 0 aliphatic heterocycles. The lowest BCUT2D eigenvalue weighted by atomic mass is 10.0. The van der Waals surface area contributed by atoms with E-state index >= 15 is 0 Å². The van der Waals surface area contributed by atoms with Crippen molar-refractivity contribution in [2.75, 3.05) is 7.05 Å². The molecule has 0 bridgehead atoms. The number of ketones is 1. The first kappa shape index (κ1) is 21.4. The van der Waals surface area contributed by atoms with Gasteiger partial charge in [0.05, 0.1) is 0 Å². The second-order valence-corrected chi connectivity index (χ2v) is 6.19. The molecule has 0 radical (unpaired) electrons. The molecule has 0 spiro atoms. The van der Waals surface area contributed by atoms with Crippen LogP contribution in [0.4, 0.5) is 0 Å². The molecule has 1 aromatic carbocycles. The molecular formula is C21H35NO. The molecule has 23 heavy (non-hydrogen) atoms. The lowest BCUT2D eigenvalue weighted by molar-refractivity contribution is -0.117. The van der Waals surface area contributed by atoms with E-state index in [0.717, 1.165) is 18.5 Å². The lowest BCUT2D eigenvalue weighted by Gasteiger charge is -2.05. The van der Waals surface area contributed by atoms with Crippen LogP contribution in [0.2, 0.25) is 0 Å². The lowest BCUT2D eigenvalue weighted by Crippen LogP contribution is -2.04. The smallest absolute Gasteiger partial charge is 0.129 e. The summed E-state index contributed by atoms with van der Waals surface area (Å²) in [6.07, 6.45) is 11.5. The summed E-state index contributed by atoms with van der Waals surface area (Å²) in [5.74, 6) is 0.254. The fourth-order valence-corrected chi connectivity index (χ4v) is 2.27. The fraction of sp³-hybridized carbons (Fsp3) is 0.571. The van der Waals surface area contributed by atoms with E-state index in [1.165, 1.54) is 44.1 Å². The topological polar surface area (TPSA) is 29.1 Å². The van der Waals surface area contributed by atoms with Crippen molar-refractivity contribution in [2.45, 2.75) is 71.6 Å². The first-order valence-corrected chi connectivity index (χ1v) is 8.93. The van der Waals surface area contributed by atoms with E-state index in [0.29, 0.717) is 6.42 Å². The Balaban J connectivity index is 0.000000326. The van der Waals surface area contributed by atoms with Crippen LogP contribution in [0.1, 0.15) is 70.3 Å². The van der Waals surface area contributed by atoms with E-state index in [4.69, 9.17) is 0 Å². The van der Waals surface area contributed by atoms with Gasteiger partial charge in [0.15, 0.2) is 0 Å². The van der Waals surface area contributed by atoms with Crippen molar-refractivity contribution < 1.29 is 4.79 Å². The largest absolute Gasteiger partial charge is 0.392 e. The van der Waals surface area contributed by atoms with Crippen LogP contribution in [-0.2, 0) is 4.79 Å². The van der Waals surface area contributed by atoms with Crippen LogP contribution in [-0.4, -0.2) is 12.8 Å². The van der Waals surface area contributed by atoms with Crippen molar-refractivity contribution in [1.82, 2.24) is 5.32 Å². The summed E-state index contributed by atoms with van der Waals surface area (Å²) in [4.78, 5) is 10.5. The predicted octanol–water partition coefficient (Wildman–Crippen LogP) is 5.81. The van der Waals surface area contributed by atoms with E-state index in [1.54, 1.807) is 6.92 Å². The highest BCUT2D eigenvalue weighted by atomic mass is 16.1. The second-order valence-electron chi connectivity index (χ2n) is 6.19. The van der Waals surface area contributed by atoms with Crippen LogP contribution in [0.5, 0.6) is 0 Å². The predicted molar refractivity (Wildman–Crippen MR) is 102 cm³/mol. The fourth-order valence-electron chi connectivity index (χ4n) is 2.27. The summed E-state index contributed by atoms with van der Waals surface area (Å²) < 4.78 is 0. The maximum atomic E-state index is 10.5. The van der Waals surface area contributed by atoms with Crippen LogP contribution >= 0.6 is 0 Å². The molecule has 2 heteroatoms. The van der Waals surface area contributed by atoms with Crippen LogP contribution < -0.4 is 5.32 Å². The molecule has 0 saturated heterocycles. The van der Waals surface area contributed by atoms with E-state index in [2.05, 4.69) is 31.0 Å². The summed E-state index contributed by atoms with van der Waals surface area (Å²) in [6.45, 7) is 7.44. The number of hydrogen-bond acceptors (Lipinski definition) is 2. The van der Waals surface area contributed by atoms with E-state index < -0.39 is 0 Å². The van der Waals surface area contributed by atoms with E-state index in [1.807, 2.05) is 25.2 Å². The number of rotatable bonds is 5. The molecule has 0 amide bonds. The summed E-state index contributed by atoms with van der Waals surface area (Å²) in [7, 11) is 1.84. The van der Waals surface area contributed by atoms with Gasteiger partial charge in [-0.25, -0.2) is 0 Å². The highest BCUT2D eigenvalue weighted by Crippen LogP contribution is 2.15. The van der Waals surface area contributed by atoms with Crippen molar-refractivity contribution in [3.05, 3.63) is 48.2 Å². The molecular weight excluding hydrogens is 282 g/mol. The zero-order chi connectivity index (χ0) is 17.3. The molecule has 1 aliphatic rings. The minimum absolute atomic E-state index is 0.254. The van der Waals surface area contributed by atoms with Gasteiger partial charge in [0.2, 0.25) is 0 Å². The Kier molecular flexibility index (Phi) is 14.3. The zero-order valence-corrected chi connectivity index (χ0v) is 15.4. The van der Waals surface area contributed by atoms with Crippen molar-refractivity contribution in [3.8, 4) is 0 Å². The average Bonchev–Trinajstić information content (AvgIpc) is 2.58. The number of hydrogen-bond donors (Lipinski definition) is 1. The molecule has 0 aromatic heterocycles. The summed E-state index contributed by atoms with van der Waals surface area (Å²) in [5, 5.41) is 2.93. The monoisotopic (exact) mass is 317 g/mol. The van der Waals surface area contributed by atoms with E-state index in [9.17, 15) is 4.79 Å². The van der Waals surface area contributed by atoms with Crippen LogP contribution in [0.15, 0.2) is 42.6 Å². The first-order valence-electron chi connectivity index (χ1n) is 8.93.